The number of fused-ring (bicyclic) bond motifs is 2. The lowest BCUT2D eigenvalue weighted by atomic mass is 9.92. The van der Waals surface area contributed by atoms with Crippen molar-refractivity contribution in [3.63, 3.8) is 0 Å². The van der Waals surface area contributed by atoms with Crippen LogP contribution in [-0.2, 0) is 24.0 Å². The normalized spacial score (nSPS) is 12.2. The van der Waals surface area contributed by atoms with Gasteiger partial charge in [-0.25, -0.2) is 0 Å². The van der Waals surface area contributed by atoms with Gasteiger partial charge in [-0.05, 0) is 80.7 Å². The lowest BCUT2D eigenvalue weighted by molar-refractivity contribution is -0.131. The van der Waals surface area contributed by atoms with Gasteiger partial charge in [0.05, 0.1) is 6.54 Å². The van der Waals surface area contributed by atoms with E-state index in [1.807, 2.05) is 63.2 Å². The zero-order valence-electron chi connectivity index (χ0n) is 33.3. The number of carbonyl (C=O) groups is 6. The van der Waals surface area contributed by atoms with Gasteiger partial charge in [0.2, 0.25) is 29.5 Å². The summed E-state index contributed by atoms with van der Waals surface area (Å²) in [6.07, 6.45) is 5.16. The molecule has 1 aliphatic heterocycles. The Kier molecular flexibility index (Phi) is 16.5. The third-order valence-corrected chi connectivity index (χ3v) is 9.66. The van der Waals surface area contributed by atoms with Gasteiger partial charge in [0.15, 0.2) is 11.2 Å². The van der Waals surface area contributed by atoms with Crippen LogP contribution in [0.4, 0.5) is 0 Å². The first kappa shape index (κ1) is 43.9. The molecule has 6 N–H and O–H groups in total. The van der Waals surface area contributed by atoms with Crippen molar-refractivity contribution in [2.24, 2.45) is 11.7 Å². The molecule has 0 saturated heterocycles. The molecule has 5 amide bonds. The molecule has 0 spiro atoms. The van der Waals surface area contributed by atoms with E-state index in [1.165, 1.54) is 19.1 Å². The molecule has 2 aliphatic rings. The molecule has 1 heterocycles. The Morgan fingerprint density at radius 2 is 1.46 bits per heavy atom. The van der Waals surface area contributed by atoms with E-state index in [0.29, 0.717) is 68.4 Å². The lowest BCUT2D eigenvalue weighted by Gasteiger charge is -2.21. The topological polar surface area (TPSA) is 207 Å². The van der Waals surface area contributed by atoms with Gasteiger partial charge in [0, 0.05) is 54.5 Å². The maximum absolute atomic E-state index is 13.1. The molecule has 13 nitrogen and oxygen atoms in total. The third-order valence-electron chi connectivity index (χ3n) is 9.66. The van der Waals surface area contributed by atoms with Crippen LogP contribution in [0.3, 0.4) is 0 Å². The SMILES string of the molecule is CC(=O)NCCCC[C@H](NC(=O)CNC(=O)[C@H](CC(C)C)NC(=O)CCCCCCC(=O)c1ccc(-c2c3ccc(=O)cc-3oc3cc(C)ccc23)cc1)C(N)=O. The summed E-state index contributed by atoms with van der Waals surface area (Å²) in [7, 11) is 0. The maximum Gasteiger partial charge on any atom is 0.243 e. The lowest BCUT2D eigenvalue weighted by Crippen LogP contribution is -2.51. The summed E-state index contributed by atoms with van der Waals surface area (Å²) in [6, 6.07) is 16.5. The molecule has 0 bridgehead atoms. The molecule has 2 atom stereocenters. The Bertz CT molecular complexity index is 2070. The number of aryl methyl sites for hydroxylation is 1. The van der Waals surface area contributed by atoms with E-state index in [4.69, 9.17) is 10.2 Å². The highest BCUT2D eigenvalue weighted by molar-refractivity contribution is 6.03. The van der Waals surface area contributed by atoms with Crippen LogP contribution in [0.2, 0.25) is 0 Å². The number of benzene rings is 3. The molecule has 0 unspecified atom stereocenters. The van der Waals surface area contributed by atoms with Gasteiger partial charge >= 0.3 is 0 Å². The third kappa shape index (κ3) is 13.7. The fraction of sp³-hybridized carbons (Fsp3) is 0.432. The number of ketones is 1. The number of hydrogen-bond donors (Lipinski definition) is 5. The van der Waals surface area contributed by atoms with E-state index in [1.54, 1.807) is 6.07 Å². The summed E-state index contributed by atoms with van der Waals surface area (Å²) in [5.74, 6) is -1.58. The van der Waals surface area contributed by atoms with Gasteiger partial charge in [-0.2, -0.15) is 0 Å². The summed E-state index contributed by atoms with van der Waals surface area (Å²) in [4.78, 5) is 86.3. The second kappa shape index (κ2) is 21.5. The fourth-order valence-electron chi connectivity index (χ4n) is 6.71. The van der Waals surface area contributed by atoms with E-state index in [-0.39, 0.29) is 41.9 Å². The summed E-state index contributed by atoms with van der Waals surface area (Å²) in [6.45, 7) is 7.30. The monoisotopic (exact) mass is 781 g/mol. The molecule has 4 rings (SSSR count). The van der Waals surface area contributed by atoms with E-state index >= 15 is 0 Å². The van der Waals surface area contributed by atoms with Crippen molar-refractivity contribution in [2.45, 2.75) is 104 Å². The average molecular weight is 782 g/mol. The second-order valence-electron chi connectivity index (χ2n) is 15.0. The van der Waals surface area contributed by atoms with Crippen LogP contribution >= 0.6 is 0 Å². The van der Waals surface area contributed by atoms with E-state index in [0.717, 1.165) is 40.5 Å². The van der Waals surface area contributed by atoms with Gasteiger partial charge in [0.25, 0.3) is 0 Å². The van der Waals surface area contributed by atoms with Crippen molar-refractivity contribution in [3.8, 4) is 22.5 Å². The quantitative estimate of drug-likeness (QED) is 0.0400. The standard InChI is InChI=1S/C44H55N5O8/c1-27(2)23-36(44(56)47-26-41(54)48-35(43(45)55)11-9-10-22-46-29(4)50)49-40(53)13-8-6-5-7-12-37(52)30-15-17-31(18-16-30)42-33-20-14-28(3)24-38(33)57-39-25-32(51)19-21-34(39)42/h14-21,24-25,27,35-36H,5-13,22-23,26H2,1-4H3,(H2,45,55)(H,46,50)(H,47,56)(H,48,54)(H,49,53)/t35-,36-/m0/s1. The van der Waals surface area contributed by atoms with E-state index in [2.05, 4.69) is 21.3 Å². The van der Waals surface area contributed by atoms with Gasteiger partial charge in [-0.3, -0.25) is 33.6 Å². The second-order valence-corrected chi connectivity index (χ2v) is 15.0. The summed E-state index contributed by atoms with van der Waals surface area (Å²) in [5, 5.41) is 11.5. The van der Waals surface area contributed by atoms with Gasteiger partial charge in [0.1, 0.15) is 23.4 Å². The zero-order valence-corrected chi connectivity index (χ0v) is 33.3. The van der Waals surface area contributed by atoms with Crippen LogP contribution in [0.25, 0.3) is 33.4 Å². The first-order valence-corrected chi connectivity index (χ1v) is 19.7. The number of primary amides is 1. The van der Waals surface area contributed by atoms with Crippen LogP contribution in [-0.4, -0.2) is 60.5 Å². The molecule has 0 saturated carbocycles. The Hall–Kier alpha value is -5.85. The smallest absolute Gasteiger partial charge is 0.243 e. The average Bonchev–Trinajstić information content (AvgIpc) is 3.16. The van der Waals surface area contributed by atoms with Crippen LogP contribution in [0.1, 0.15) is 101 Å². The summed E-state index contributed by atoms with van der Waals surface area (Å²) in [5.41, 5.74) is 10.3. The first-order chi connectivity index (χ1) is 27.2. The molecule has 57 heavy (non-hydrogen) atoms. The van der Waals surface area contributed by atoms with E-state index in [9.17, 15) is 33.6 Å². The number of hydrogen-bond acceptors (Lipinski definition) is 8. The van der Waals surface area contributed by atoms with Crippen molar-refractivity contribution in [1.29, 1.82) is 0 Å². The molecule has 2 aromatic rings. The molecule has 0 fully saturated rings. The zero-order chi connectivity index (χ0) is 41.5. The van der Waals surface area contributed by atoms with Crippen molar-refractivity contribution < 1.29 is 33.2 Å². The molecular formula is C44H55N5O8. The minimum absolute atomic E-state index is 0.0313. The number of unbranched alkanes of at least 4 members (excludes halogenated alkanes) is 4. The Labute approximate surface area is 333 Å². The molecule has 13 heteroatoms. The Morgan fingerprint density at radius 1 is 0.754 bits per heavy atom. The molecule has 304 valence electrons. The summed E-state index contributed by atoms with van der Waals surface area (Å²) >= 11 is 0. The number of nitrogens with two attached hydrogens (primary N) is 1. The Morgan fingerprint density at radius 3 is 2.14 bits per heavy atom. The maximum atomic E-state index is 13.1. The van der Waals surface area contributed by atoms with Crippen molar-refractivity contribution in [2.75, 3.05) is 13.1 Å². The number of nitrogens with one attached hydrogen (secondary N) is 4. The van der Waals surface area contributed by atoms with Crippen molar-refractivity contribution in [3.05, 3.63) is 82.0 Å². The van der Waals surface area contributed by atoms with Crippen molar-refractivity contribution in [1.82, 2.24) is 21.3 Å². The molecule has 1 aliphatic carbocycles. The van der Waals surface area contributed by atoms with Crippen molar-refractivity contribution >= 4 is 46.3 Å². The summed E-state index contributed by atoms with van der Waals surface area (Å²) < 4.78 is 6.08. The highest BCUT2D eigenvalue weighted by atomic mass is 16.3. The number of amides is 5. The number of Topliss-reactive ketones (excluding diaryl/α,β-unsaturated/α-hetero) is 1. The van der Waals surface area contributed by atoms with Crippen LogP contribution in [0, 0.1) is 12.8 Å². The first-order valence-electron chi connectivity index (χ1n) is 19.7. The number of rotatable bonds is 22. The highest BCUT2D eigenvalue weighted by Crippen LogP contribution is 2.40. The molecular weight excluding hydrogens is 727 g/mol. The highest BCUT2D eigenvalue weighted by Gasteiger charge is 2.24. The van der Waals surface area contributed by atoms with Gasteiger partial charge in [-0.15, -0.1) is 0 Å². The molecule has 0 radical (unpaired) electrons. The minimum atomic E-state index is -0.913. The van der Waals surface area contributed by atoms with Crippen LogP contribution in [0.5, 0.6) is 0 Å². The predicted molar refractivity (Wildman–Crippen MR) is 219 cm³/mol. The predicted octanol–water partition coefficient (Wildman–Crippen LogP) is 5.32. The largest absolute Gasteiger partial charge is 0.456 e. The van der Waals surface area contributed by atoms with Gasteiger partial charge in [-0.1, -0.05) is 63.1 Å². The van der Waals surface area contributed by atoms with Gasteiger partial charge < -0.3 is 31.4 Å². The van der Waals surface area contributed by atoms with E-state index < -0.39 is 29.8 Å². The molecule has 0 aromatic heterocycles. The van der Waals surface area contributed by atoms with Crippen LogP contribution < -0.4 is 32.4 Å². The Balaban J connectivity index is 1.19. The number of carbonyl (C=O) groups excluding carboxylic acids is 6. The molecule has 2 aromatic carbocycles. The van der Waals surface area contributed by atoms with Crippen LogP contribution in [0.15, 0.2) is 69.9 Å². The fourth-order valence-corrected chi connectivity index (χ4v) is 6.71. The minimum Gasteiger partial charge on any atom is -0.456 e.